The molecule has 0 spiro atoms. The van der Waals surface area contributed by atoms with Crippen LogP contribution in [0.5, 0.6) is 0 Å². The van der Waals surface area contributed by atoms with Crippen molar-refractivity contribution in [2.45, 2.75) is 6.54 Å². The van der Waals surface area contributed by atoms with Gasteiger partial charge in [0.25, 0.3) is 5.91 Å². The number of pyridine rings is 1. The van der Waals surface area contributed by atoms with Crippen LogP contribution in [0.3, 0.4) is 0 Å². The molecule has 0 fully saturated rings. The Morgan fingerprint density at radius 2 is 2.20 bits per heavy atom. The summed E-state index contributed by atoms with van der Waals surface area (Å²) < 4.78 is 0. The number of H-pyrrole nitrogens is 1. The quantitative estimate of drug-likeness (QED) is 0.652. The van der Waals surface area contributed by atoms with Crippen LogP contribution in [-0.2, 0) is 6.54 Å². The molecule has 1 amide bonds. The van der Waals surface area contributed by atoms with Crippen molar-refractivity contribution in [2.24, 2.45) is 0 Å². The predicted molar refractivity (Wildman–Crippen MR) is 73.7 cm³/mol. The maximum atomic E-state index is 12.0. The van der Waals surface area contributed by atoms with Crippen LogP contribution in [0.1, 0.15) is 16.3 Å². The van der Waals surface area contributed by atoms with E-state index in [2.05, 4.69) is 25.5 Å². The highest BCUT2D eigenvalue weighted by Gasteiger charge is 2.10. The smallest absolute Gasteiger partial charge is 0.270 e. The highest BCUT2D eigenvalue weighted by Crippen LogP contribution is 2.19. The lowest BCUT2D eigenvalue weighted by Gasteiger charge is -2.06. The molecule has 0 saturated carbocycles. The van der Waals surface area contributed by atoms with Gasteiger partial charge in [-0.15, -0.1) is 0 Å². The number of nitrogens with two attached hydrogens (primary N) is 1. The number of anilines is 1. The van der Waals surface area contributed by atoms with Gasteiger partial charge in [-0.2, -0.15) is 5.10 Å². The lowest BCUT2D eigenvalue weighted by molar-refractivity contribution is 0.0945. The van der Waals surface area contributed by atoms with Gasteiger partial charge in [0, 0.05) is 5.39 Å². The number of carbonyl (C=O) groups is 1. The van der Waals surface area contributed by atoms with Crippen LogP contribution >= 0.6 is 0 Å². The predicted octanol–water partition coefficient (Wildman–Crippen LogP) is 0.865. The topological polar surface area (TPSA) is 110 Å². The van der Waals surface area contributed by atoms with Gasteiger partial charge in [0.05, 0.1) is 6.54 Å². The monoisotopic (exact) mass is 268 g/mol. The molecule has 3 aromatic rings. The molecule has 0 atom stereocenters. The number of fused-ring (bicyclic) bond motifs is 1. The number of hydrogen-bond donors (Lipinski definition) is 3. The van der Waals surface area contributed by atoms with Gasteiger partial charge in [-0.25, -0.2) is 9.97 Å². The van der Waals surface area contributed by atoms with Crippen molar-refractivity contribution in [2.75, 3.05) is 5.73 Å². The van der Waals surface area contributed by atoms with E-state index >= 15 is 0 Å². The van der Waals surface area contributed by atoms with E-state index in [1.807, 2.05) is 24.3 Å². The molecule has 0 unspecified atom stereocenters. The number of carbonyl (C=O) groups excluding carboxylic acids is 1. The molecule has 0 radical (unpaired) electrons. The van der Waals surface area contributed by atoms with E-state index < -0.39 is 0 Å². The molecule has 7 heteroatoms. The molecule has 100 valence electrons. The zero-order valence-electron chi connectivity index (χ0n) is 10.5. The van der Waals surface area contributed by atoms with Crippen molar-refractivity contribution < 1.29 is 4.79 Å². The molecule has 2 aromatic heterocycles. The van der Waals surface area contributed by atoms with Gasteiger partial charge in [-0.1, -0.05) is 24.3 Å². The largest absolute Gasteiger partial charge is 0.383 e. The molecule has 2 heterocycles. The first-order chi connectivity index (χ1) is 9.74. The lowest BCUT2D eigenvalue weighted by Crippen LogP contribution is -2.24. The van der Waals surface area contributed by atoms with E-state index in [0.29, 0.717) is 11.6 Å². The minimum absolute atomic E-state index is 0.257. The summed E-state index contributed by atoms with van der Waals surface area (Å²) in [6.45, 7) is 0.257. The molecule has 0 aliphatic carbocycles. The molecule has 0 saturated heterocycles. The van der Waals surface area contributed by atoms with Crippen LogP contribution in [-0.4, -0.2) is 26.1 Å². The van der Waals surface area contributed by atoms with Crippen LogP contribution in [0.15, 0.2) is 36.7 Å². The number of amides is 1. The third-order valence-corrected chi connectivity index (χ3v) is 2.88. The molecule has 7 nitrogen and oxygen atoms in total. The average molecular weight is 268 g/mol. The molecular weight excluding hydrogens is 256 g/mol. The Bertz CT molecular complexity index is 753. The first kappa shape index (κ1) is 12.1. The van der Waals surface area contributed by atoms with Crippen molar-refractivity contribution in [1.29, 1.82) is 0 Å². The summed E-state index contributed by atoms with van der Waals surface area (Å²) in [6.07, 6.45) is 1.38. The number of nitrogens with zero attached hydrogens (tertiary/aromatic N) is 3. The van der Waals surface area contributed by atoms with Gasteiger partial charge in [0.1, 0.15) is 23.7 Å². The number of rotatable bonds is 3. The molecule has 0 aliphatic heterocycles. The minimum Gasteiger partial charge on any atom is -0.383 e. The summed E-state index contributed by atoms with van der Waals surface area (Å²) in [5, 5.41) is 10.8. The van der Waals surface area contributed by atoms with Gasteiger partial charge >= 0.3 is 0 Å². The standard InChI is InChI=1S/C13H12N6O/c14-12-9-4-2-1-3-8(9)5-10(18-12)13(20)15-6-11-16-7-17-19-11/h1-5,7H,6H2,(H2,14,18)(H,15,20)(H,16,17,19). The number of aromatic amines is 1. The highest BCUT2D eigenvalue weighted by atomic mass is 16.1. The van der Waals surface area contributed by atoms with Gasteiger partial charge < -0.3 is 11.1 Å². The first-order valence-corrected chi connectivity index (χ1v) is 6.02. The Morgan fingerprint density at radius 1 is 1.35 bits per heavy atom. The van der Waals surface area contributed by atoms with Crippen molar-refractivity contribution in [1.82, 2.24) is 25.5 Å². The molecule has 1 aromatic carbocycles. The molecular formula is C13H12N6O. The summed E-state index contributed by atoms with van der Waals surface area (Å²) in [4.78, 5) is 20.1. The molecule has 3 rings (SSSR count). The van der Waals surface area contributed by atoms with Crippen molar-refractivity contribution in [3.05, 3.63) is 48.2 Å². The fourth-order valence-corrected chi connectivity index (χ4v) is 1.91. The number of hydrogen-bond acceptors (Lipinski definition) is 5. The zero-order chi connectivity index (χ0) is 13.9. The van der Waals surface area contributed by atoms with E-state index in [1.54, 1.807) is 6.07 Å². The fraction of sp³-hybridized carbons (Fsp3) is 0.0769. The van der Waals surface area contributed by atoms with Crippen LogP contribution in [0.25, 0.3) is 10.8 Å². The summed E-state index contributed by atoms with van der Waals surface area (Å²) in [5.41, 5.74) is 6.14. The van der Waals surface area contributed by atoms with Crippen LogP contribution in [0.2, 0.25) is 0 Å². The van der Waals surface area contributed by atoms with Crippen LogP contribution in [0.4, 0.5) is 5.82 Å². The van der Waals surface area contributed by atoms with Crippen LogP contribution < -0.4 is 11.1 Å². The maximum absolute atomic E-state index is 12.0. The van der Waals surface area contributed by atoms with Crippen molar-refractivity contribution in [3.8, 4) is 0 Å². The molecule has 0 bridgehead atoms. The number of nitrogen functional groups attached to an aromatic ring is 1. The number of benzene rings is 1. The van der Waals surface area contributed by atoms with Gasteiger partial charge in [0.2, 0.25) is 0 Å². The third-order valence-electron chi connectivity index (χ3n) is 2.88. The first-order valence-electron chi connectivity index (χ1n) is 6.02. The van der Waals surface area contributed by atoms with E-state index in [0.717, 1.165) is 10.8 Å². The Balaban J connectivity index is 1.84. The maximum Gasteiger partial charge on any atom is 0.270 e. The molecule has 0 aliphatic rings. The summed E-state index contributed by atoms with van der Waals surface area (Å²) in [7, 11) is 0. The Labute approximate surface area is 114 Å². The van der Waals surface area contributed by atoms with E-state index in [9.17, 15) is 4.79 Å². The minimum atomic E-state index is -0.307. The van der Waals surface area contributed by atoms with Gasteiger partial charge in [0.15, 0.2) is 0 Å². The Hall–Kier alpha value is -2.96. The second kappa shape index (κ2) is 4.96. The van der Waals surface area contributed by atoms with Gasteiger partial charge in [-0.3, -0.25) is 9.89 Å². The Morgan fingerprint density at radius 3 is 3.00 bits per heavy atom. The summed E-state index contributed by atoms with van der Waals surface area (Å²) in [6, 6.07) is 9.23. The van der Waals surface area contributed by atoms with E-state index in [-0.39, 0.29) is 18.1 Å². The fourth-order valence-electron chi connectivity index (χ4n) is 1.91. The second-order valence-electron chi connectivity index (χ2n) is 4.23. The van der Waals surface area contributed by atoms with Crippen molar-refractivity contribution in [3.63, 3.8) is 0 Å². The molecule has 4 N–H and O–H groups in total. The average Bonchev–Trinajstić information content (AvgIpc) is 2.98. The number of aromatic nitrogens is 4. The molecule has 20 heavy (non-hydrogen) atoms. The summed E-state index contributed by atoms with van der Waals surface area (Å²) in [5.74, 6) is 0.610. The normalized spacial score (nSPS) is 10.6. The Kier molecular flexibility index (Phi) is 3.00. The lowest BCUT2D eigenvalue weighted by atomic mass is 10.1. The third kappa shape index (κ3) is 2.28. The van der Waals surface area contributed by atoms with E-state index in [1.165, 1.54) is 6.33 Å². The zero-order valence-corrected chi connectivity index (χ0v) is 10.5. The van der Waals surface area contributed by atoms with Gasteiger partial charge in [-0.05, 0) is 11.5 Å². The SMILES string of the molecule is Nc1nc(C(=O)NCc2ncn[nH]2)cc2ccccc12. The highest BCUT2D eigenvalue weighted by molar-refractivity contribution is 5.99. The van der Waals surface area contributed by atoms with Crippen LogP contribution in [0, 0.1) is 0 Å². The van der Waals surface area contributed by atoms with Crippen molar-refractivity contribution >= 4 is 22.5 Å². The van der Waals surface area contributed by atoms with E-state index in [4.69, 9.17) is 5.73 Å². The summed E-state index contributed by atoms with van der Waals surface area (Å²) >= 11 is 0. The number of nitrogens with one attached hydrogen (secondary N) is 2. The second-order valence-corrected chi connectivity index (χ2v) is 4.23.